The van der Waals surface area contributed by atoms with Crippen LogP contribution in [0.5, 0.6) is 0 Å². The summed E-state index contributed by atoms with van der Waals surface area (Å²) < 4.78 is 0. The first kappa shape index (κ1) is 13.4. The van der Waals surface area contributed by atoms with Crippen LogP contribution in [0.2, 0.25) is 5.02 Å². The minimum Gasteiger partial charge on any atom is -0.478 e. The Labute approximate surface area is 116 Å². The number of carboxylic acids is 1. The number of carbonyl (C=O) groups is 1. The van der Waals surface area contributed by atoms with E-state index in [1.165, 1.54) is 0 Å². The molecule has 2 aromatic carbocycles. The lowest BCUT2D eigenvalue weighted by molar-refractivity contribution is 0.0697. The van der Waals surface area contributed by atoms with Crippen molar-refractivity contribution in [2.45, 2.75) is 13.8 Å². The van der Waals surface area contributed by atoms with Crippen molar-refractivity contribution in [2.75, 3.05) is 5.32 Å². The fraction of sp³-hybridized carbons (Fsp3) is 0.133. The van der Waals surface area contributed by atoms with Gasteiger partial charge < -0.3 is 10.4 Å². The number of benzene rings is 2. The Morgan fingerprint density at radius 3 is 2.16 bits per heavy atom. The predicted molar refractivity (Wildman–Crippen MR) is 77.6 cm³/mol. The Kier molecular flexibility index (Phi) is 3.76. The topological polar surface area (TPSA) is 49.3 Å². The second kappa shape index (κ2) is 5.33. The van der Waals surface area contributed by atoms with Gasteiger partial charge in [0.05, 0.1) is 5.56 Å². The van der Waals surface area contributed by atoms with Crippen LogP contribution >= 0.6 is 11.6 Å². The average Bonchev–Trinajstić information content (AvgIpc) is 2.34. The Morgan fingerprint density at radius 1 is 1.05 bits per heavy atom. The van der Waals surface area contributed by atoms with Gasteiger partial charge in [0.1, 0.15) is 0 Å². The Morgan fingerprint density at radius 2 is 1.63 bits per heavy atom. The molecule has 0 bridgehead atoms. The molecule has 19 heavy (non-hydrogen) atoms. The normalized spacial score (nSPS) is 10.3. The standard InChI is InChI=1S/C15H14ClNO2/c1-9-7-11(15(18)19)3-5-13(9)17-14-6-4-12(16)8-10(14)2/h3-8,17H,1-2H3,(H,18,19). The van der Waals surface area contributed by atoms with Gasteiger partial charge in [0, 0.05) is 16.4 Å². The van der Waals surface area contributed by atoms with Crippen LogP contribution in [0.4, 0.5) is 11.4 Å². The number of aryl methyl sites for hydroxylation is 2. The van der Waals surface area contributed by atoms with Crippen LogP contribution in [0.1, 0.15) is 21.5 Å². The monoisotopic (exact) mass is 275 g/mol. The second-order valence-electron chi connectivity index (χ2n) is 4.42. The highest BCUT2D eigenvalue weighted by atomic mass is 35.5. The summed E-state index contributed by atoms with van der Waals surface area (Å²) in [7, 11) is 0. The molecule has 0 atom stereocenters. The first-order chi connectivity index (χ1) is 8.97. The number of anilines is 2. The summed E-state index contributed by atoms with van der Waals surface area (Å²) in [5.41, 5.74) is 4.05. The molecule has 0 amide bonds. The van der Waals surface area contributed by atoms with Gasteiger partial charge in [-0.3, -0.25) is 0 Å². The summed E-state index contributed by atoms with van der Waals surface area (Å²) >= 11 is 5.91. The molecule has 0 saturated heterocycles. The molecule has 2 aromatic rings. The van der Waals surface area contributed by atoms with E-state index in [1.54, 1.807) is 18.2 Å². The molecule has 0 heterocycles. The smallest absolute Gasteiger partial charge is 0.335 e. The zero-order chi connectivity index (χ0) is 14.0. The average molecular weight is 276 g/mol. The lowest BCUT2D eigenvalue weighted by Crippen LogP contribution is -2.00. The van der Waals surface area contributed by atoms with E-state index in [1.807, 2.05) is 32.0 Å². The Balaban J connectivity index is 2.31. The molecule has 0 aliphatic heterocycles. The Hall–Kier alpha value is -2.00. The predicted octanol–water partition coefficient (Wildman–Crippen LogP) is 4.40. The maximum absolute atomic E-state index is 10.9. The molecule has 4 heteroatoms. The zero-order valence-corrected chi connectivity index (χ0v) is 11.5. The van der Waals surface area contributed by atoms with E-state index >= 15 is 0 Å². The van der Waals surface area contributed by atoms with Crippen molar-refractivity contribution in [1.82, 2.24) is 0 Å². The molecular weight excluding hydrogens is 262 g/mol. The number of hydrogen-bond donors (Lipinski definition) is 2. The van der Waals surface area contributed by atoms with Crippen LogP contribution in [0, 0.1) is 13.8 Å². The summed E-state index contributed by atoms with van der Waals surface area (Å²) in [6.07, 6.45) is 0. The van der Waals surface area contributed by atoms with Gasteiger partial charge in [-0.15, -0.1) is 0 Å². The van der Waals surface area contributed by atoms with Crippen molar-refractivity contribution in [3.05, 3.63) is 58.1 Å². The van der Waals surface area contributed by atoms with Crippen LogP contribution in [0.25, 0.3) is 0 Å². The lowest BCUT2D eigenvalue weighted by Gasteiger charge is -2.12. The number of aromatic carboxylic acids is 1. The van der Waals surface area contributed by atoms with E-state index in [4.69, 9.17) is 16.7 Å². The van der Waals surface area contributed by atoms with Gasteiger partial charge in [0.25, 0.3) is 0 Å². The summed E-state index contributed by atoms with van der Waals surface area (Å²) in [5.74, 6) is -0.919. The van der Waals surface area contributed by atoms with Gasteiger partial charge in [-0.1, -0.05) is 11.6 Å². The fourth-order valence-corrected chi connectivity index (χ4v) is 2.08. The van der Waals surface area contributed by atoms with Crippen molar-refractivity contribution >= 4 is 28.9 Å². The number of nitrogens with one attached hydrogen (secondary N) is 1. The van der Waals surface area contributed by atoms with Gasteiger partial charge >= 0.3 is 5.97 Å². The number of rotatable bonds is 3. The van der Waals surface area contributed by atoms with Crippen molar-refractivity contribution in [1.29, 1.82) is 0 Å². The third-order valence-corrected chi connectivity index (χ3v) is 3.17. The van der Waals surface area contributed by atoms with E-state index in [0.717, 1.165) is 22.5 Å². The second-order valence-corrected chi connectivity index (χ2v) is 4.86. The maximum Gasteiger partial charge on any atom is 0.335 e. The van der Waals surface area contributed by atoms with Crippen LogP contribution in [0.15, 0.2) is 36.4 Å². The molecule has 0 spiro atoms. The van der Waals surface area contributed by atoms with Gasteiger partial charge in [0.15, 0.2) is 0 Å². The van der Waals surface area contributed by atoms with Crippen LogP contribution in [-0.4, -0.2) is 11.1 Å². The zero-order valence-electron chi connectivity index (χ0n) is 10.7. The van der Waals surface area contributed by atoms with Crippen molar-refractivity contribution in [3.63, 3.8) is 0 Å². The van der Waals surface area contributed by atoms with E-state index < -0.39 is 5.97 Å². The molecule has 0 aromatic heterocycles. The molecule has 2 rings (SSSR count). The van der Waals surface area contributed by atoms with Gasteiger partial charge in [-0.2, -0.15) is 0 Å². The maximum atomic E-state index is 10.9. The molecule has 0 saturated carbocycles. The summed E-state index contributed by atoms with van der Waals surface area (Å²) in [6.45, 7) is 3.84. The largest absolute Gasteiger partial charge is 0.478 e. The third-order valence-electron chi connectivity index (χ3n) is 2.93. The van der Waals surface area contributed by atoms with Crippen LogP contribution < -0.4 is 5.32 Å². The highest BCUT2D eigenvalue weighted by molar-refractivity contribution is 6.30. The quantitative estimate of drug-likeness (QED) is 0.873. The lowest BCUT2D eigenvalue weighted by atomic mass is 10.1. The molecule has 2 N–H and O–H groups in total. The van der Waals surface area contributed by atoms with Gasteiger partial charge in [-0.25, -0.2) is 4.79 Å². The third kappa shape index (κ3) is 3.06. The van der Waals surface area contributed by atoms with Crippen LogP contribution in [-0.2, 0) is 0 Å². The van der Waals surface area contributed by atoms with Crippen LogP contribution in [0.3, 0.4) is 0 Å². The molecule has 0 aliphatic carbocycles. The highest BCUT2D eigenvalue weighted by Crippen LogP contribution is 2.26. The first-order valence-electron chi connectivity index (χ1n) is 5.84. The molecule has 0 aliphatic rings. The van der Waals surface area contributed by atoms with Gasteiger partial charge in [0.2, 0.25) is 0 Å². The minimum atomic E-state index is -0.919. The van der Waals surface area contributed by atoms with Crippen molar-refractivity contribution < 1.29 is 9.90 Å². The fourth-order valence-electron chi connectivity index (χ4n) is 1.85. The summed E-state index contributed by atoms with van der Waals surface area (Å²) in [4.78, 5) is 10.9. The number of halogens is 1. The van der Waals surface area contributed by atoms with E-state index in [-0.39, 0.29) is 5.56 Å². The highest BCUT2D eigenvalue weighted by Gasteiger charge is 2.07. The van der Waals surface area contributed by atoms with Crippen molar-refractivity contribution in [2.24, 2.45) is 0 Å². The number of hydrogen-bond acceptors (Lipinski definition) is 2. The van der Waals surface area contributed by atoms with E-state index in [9.17, 15) is 4.79 Å². The molecule has 0 fully saturated rings. The first-order valence-corrected chi connectivity index (χ1v) is 6.22. The Bertz CT molecular complexity index is 638. The van der Waals surface area contributed by atoms with E-state index in [2.05, 4.69) is 5.32 Å². The van der Waals surface area contributed by atoms with E-state index in [0.29, 0.717) is 5.02 Å². The SMILES string of the molecule is Cc1cc(Cl)ccc1Nc1ccc(C(=O)O)cc1C. The molecule has 0 unspecified atom stereocenters. The minimum absolute atomic E-state index is 0.288. The van der Waals surface area contributed by atoms with Gasteiger partial charge in [-0.05, 0) is 61.4 Å². The number of carboxylic acid groups (broad SMARTS) is 1. The molecule has 3 nitrogen and oxygen atoms in total. The van der Waals surface area contributed by atoms with Crippen molar-refractivity contribution in [3.8, 4) is 0 Å². The summed E-state index contributed by atoms with van der Waals surface area (Å²) in [6, 6.07) is 10.6. The molecular formula is C15H14ClNO2. The summed E-state index contributed by atoms with van der Waals surface area (Å²) in [5, 5.41) is 12.9. The molecule has 0 radical (unpaired) electrons. The molecule has 98 valence electrons.